The fraction of sp³-hybridized carbons (Fsp3) is 0.800. The molecule has 0 amide bonds. The Bertz CT molecular complexity index is 369. The molecule has 1 aliphatic rings. The summed E-state index contributed by atoms with van der Waals surface area (Å²) in [5.41, 5.74) is 0.768. The van der Waals surface area contributed by atoms with Crippen LogP contribution >= 0.6 is 23.1 Å². The van der Waals surface area contributed by atoms with Crippen LogP contribution in [0.25, 0.3) is 0 Å². The average Bonchev–Trinajstić information content (AvgIpc) is 2.48. The number of hydrogen-bond acceptors (Lipinski definition) is 5. The normalized spacial score (nSPS) is 25.9. The van der Waals surface area contributed by atoms with E-state index in [2.05, 4.69) is 35.3 Å². The van der Waals surface area contributed by atoms with E-state index in [1.54, 1.807) is 0 Å². The highest BCUT2D eigenvalue weighted by Crippen LogP contribution is 2.24. The van der Waals surface area contributed by atoms with Crippen molar-refractivity contribution in [3.63, 3.8) is 0 Å². The van der Waals surface area contributed by atoms with Gasteiger partial charge in [0.1, 0.15) is 10.0 Å². The SMILES string of the molecule is CC1CN(Cc2nnsc2Cl)CC(C)(C)O1. The van der Waals surface area contributed by atoms with Crippen molar-refractivity contribution in [3.05, 3.63) is 10.0 Å². The molecule has 0 bridgehead atoms. The highest BCUT2D eigenvalue weighted by atomic mass is 35.5. The summed E-state index contributed by atoms with van der Waals surface area (Å²) in [6, 6.07) is 0. The maximum absolute atomic E-state index is 6.00. The summed E-state index contributed by atoms with van der Waals surface area (Å²) in [7, 11) is 0. The number of hydrogen-bond donors (Lipinski definition) is 0. The average molecular weight is 262 g/mol. The predicted octanol–water partition coefficient (Wildman–Crippen LogP) is 2.19. The molecule has 4 nitrogen and oxygen atoms in total. The lowest BCUT2D eigenvalue weighted by Crippen LogP contribution is -2.51. The Labute approximate surface area is 105 Å². The third kappa shape index (κ3) is 2.91. The second kappa shape index (κ2) is 4.56. The van der Waals surface area contributed by atoms with Crippen LogP contribution in [-0.2, 0) is 11.3 Å². The van der Waals surface area contributed by atoms with Crippen molar-refractivity contribution in [1.29, 1.82) is 0 Å². The third-order valence-electron chi connectivity index (χ3n) is 2.52. The Morgan fingerprint density at radius 2 is 2.38 bits per heavy atom. The summed E-state index contributed by atoms with van der Waals surface area (Å²) >= 11 is 7.24. The standard InChI is InChI=1S/C10H16ClN3OS/c1-7-4-14(6-10(2,3)15-7)5-8-9(11)16-13-12-8/h7H,4-6H2,1-3H3. The van der Waals surface area contributed by atoms with Gasteiger partial charge >= 0.3 is 0 Å². The minimum atomic E-state index is -0.104. The zero-order chi connectivity index (χ0) is 11.8. The van der Waals surface area contributed by atoms with Crippen molar-refractivity contribution in [2.45, 2.75) is 39.0 Å². The molecule has 2 rings (SSSR count). The fourth-order valence-electron chi connectivity index (χ4n) is 2.21. The molecule has 0 radical (unpaired) electrons. The molecule has 2 heterocycles. The lowest BCUT2D eigenvalue weighted by molar-refractivity contribution is -0.130. The zero-order valence-electron chi connectivity index (χ0n) is 9.73. The van der Waals surface area contributed by atoms with Gasteiger partial charge in [0.25, 0.3) is 0 Å². The van der Waals surface area contributed by atoms with Gasteiger partial charge in [0.05, 0.1) is 11.7 Å². The first-order valence-electron chi connectivity index (χ1n) is 5.33. The number of rotatable bonds is 2. The molecule has 6 heteroatoms. The molecule has 1 aromatic heterocycles. The van der Waals surface area contributed by atoms with E-state index in [9.17, 15) is 0 Å². The molecule has 1 atom stereocenters. The van der Waals surface area contributed by atoms with E-state index < -0.39 is 0 Å². The lowest BCUT2D eigenvalue weighted by Gasteiger charge is -2.41. The lowest BCUT2D eigenvalue weighted by atomic mass is 10.1. The minimum Gasteiger partial charge on any atom is -0.370 e. The first kappa shape index (κ1) is 12.2. The monoisotopic (exact) mass is 261 g/mol. The van der Waals surface area contributed by atoms with Crippen molar-refractivity contribution < 1.29 is 4.74 Å². The van der Waals surface area contributed by atoms with Crippen LogP contribution in [0, 0.1) is 0 Å². The van der Waals surface area contributed by atoms with Gasteiger partial charge in [-0.25, -0.2) is 0 Å². The third-order valence-corrected chi connectivity index (χ3v) is 3.51. The second-order valence-electron chi connectivity index (χ2n) is 4.85. The van der Waals surface area contributed by atoms with Crippen molar-refractivity contribution >= 4 is 23.1 Å². The van der Waals surface area contributed by atoms with E-state index in [4.69, 9.17) is 16.3 Å². The van der Waals surface area contributed by atoms with E-state index in [0.29, 0.717) is 4.34 Å². The molecule has 1 fully saturated rings. The van der Waals surface area contributed by atoms with Gasteiger partial charge in [0, 0.05) is 31.2 Å². The van der Waals surface area contributed by atoms with E-state index in [0.717, 1.165) is 25.3 Å². The second-order valence-corrected chi connectivity index (χ2v) is 6.21. The molecule has 1 aliphatic heterocycles. The number of nitrogens with zero attached hydrogens (tertiary/aromatic N) is 3. The van der Waals surface area contributed by atoms with Crippen LogP contribution < -0.4 is 0 Å². The highest BCUT2D eigenvalue weighted by molar-refractivity contribution is 7.10. The topological polar surface area (TPSA) is 38.2 Å². The van der Waals surface area contributed by atoms with Crippen LogP contribution in [-0.4, -0.2) is 39.3 Å². The Morgan fingerprint density at radius 1 is 1.62 bits per heavy atom. The van der Waals surface area contributed by atoms with Gasteiger partial charge in [-0.2, -0.15) is 0 Å². The molecule has 90 valence electrons. The van der Waals surface area contributed by atoms with Gasteiger partial charge < -0.3 is 4.74 Å². The Kier molecular flexibility index (Phi) is 3.49. The molecule has 1 aromatic rings. The first-order valence-corrected chi connectivity index (χ1v) is 6.48. The van der Waals surface area contributed by atoms with Crippen LogP contribution in [0.5, 0.6) is 0 Å². The first-order chi connectivity index (χ1) is 7.46. The smallest absolute Gasteiger partial charge is 0.138 e. The molecule has 16 heavy (non-hydrogen) atoms. The molecule has 1 unspecified atom stereocenters. The van der Waals surface area contributed by atoms with Gasteiger partial charge in [0.15, 0.2) is 0 Å². The molecule has 0 aromatic carbocycles. The maximum Gasteiger partial charge on any atom is 0.138 e. The predicted molar refractivity (Wildman–Crippen MR) is 64.8 cm³/mol. The van der Waals surface area contributed by atoms with Crippen molar-refractivity contribution in [3.8, 4) is 0 Å². The van der Waals surface area contributed by atoms with E-state index >= 15 is 0 Å². The van der Waals surface area contributed by atoms with Gasteiger partial charge in [-0.05, 0) is 20.8 Å². The fourth-order valence-corrected chi connectivity index (χ4v) is 2.82. The van der Waals surface area contributed by atoms with E-state index in [1.165, 1.54) is 11.5 Å². The van der Waals surface area contributed by atoms with Crippen LogP contribution in [0.2, 0.25) is 4.34 Å². The van der Waals surface area contributed by atoms with Crippen molar-refractivity contribution in [2.24, 2.45) is 0 Å². The summed E-state index contributed by atoms with van der Waals surface area (Å²) < 4.78 is 10.4. The molecule has 0 spiro atoms. The Morgan fingerprint density at radius 3 is 2.94 bits per heavy atom. The van der Waals surface area contributed by atoms with Gasteiger partial charge in [0.2, 0.25) is 0 Å². The molecule has 0 N–H and O–H groups in total. The largest absolute Gasteiger partial charge is 0.370 e. The van der Waals surface area contributed by atoms with Crippen LogP contribution in [0.15, 0.2) is 0 Å². The Hall–Kier alpha value is -0.230. The molecular weight excluding hydrogens is 246 g/mol. The summed E-state index contributed by atoms with van der Waals surface area (Å²) in [6.45, 7) is 8.87. The summed E-state index contributed by atoms with van der Waals surface area (Å²) in [4.78, 5) is 2.32. The number of halogens is 1. The van der Waals surface area contributed by atoms with E-state index in [1.807, 2.05) is 0 Å². The molecule has 1 saturated heterocycles. The zero-order valence-corrected chi connectivity index (χ0v) is 11.3. The maximum atomic E-state index is 6.00. The number of aromatic nitrogens is 2. The quantitative estimate of drug-likeness (QED) is 0.818. The Balaban J connectivity index is 2.02. The van der Waals surface area contributed by atoms with Gasteiger partial charge in [-0.15, -0.1) is 5.10 Å². The summed E-state index contributed by atoms with van der Waals surface area (Å²) in [5, 5.41) is 4.04. The van der Waals surface area contributed by atoms with Crippen LogP contribution in [0.1, 0.15) is 26.5 Å². The van der Waals surface area contributed by atoms with Gasteiger partial charge in [-0.1, -0.05) is 16.1 Å². The van der Waals surface area contributed by atoms with Gasteiger partial charge in [-0.3, -0.25) is 4.90 Å². The van der Waals surface area contributed by atoms with Crippen molar-refractivity contribution in [1.82, 2.24) is 14.5 Å². The molecule has 0 aliphatic carbocycles. The molecule has 0 saturated carbocycles. The minimum absolute atomic E-state index is 0.104. The number of morpholine rings is 1. The van der Waals surface area contributed by atoms with Crippen molar-refractivity contribution in [2.75, 3.05) is 13.1 Å². The van der Waals surface area contributed by atoms with Crippen LogP contribution in [0.4, 0.5) is 0 Å². The molecular formula is C10H16ClN3OS. The summed E-state index contributed by atoms with van der Waals surface area (Å²) in [6.07, 6.45) is 0.245. The summed E-state index contributed by atoms with van der Waals surface area (Å²) in [5.74, 6) is 0. The van der Waals surface area contributed by atoms with E-state index in [-0.39, 0.29) is 11.7 Å². The van der Waals surface area contributed by atoms with Crippen LogP contribution in [0.3, 0.4) is 0 Å². The highest BCUT2D eigenvalue weighted by Gasteiger charge is 2.31. The number of ether oxygens (including phenoxy) is 1.